The van der Waals surface area contributed by atoms with Crippen LogP contribution in [0.15, 0.2) is 47.5 Å². The van der Waals surface area contributed by atoms with E-state index in [1.165, 1.54) is 29.5 Å². The summed E-state index contributed by atoms with van der Waals surface area (Å²) in [7, 11) is 1.59. The number of halogens is 2. The van der Waals surface area contributed by atoms with Gasteiger partial charge in [0.25, 0.3) is 11.6 Å². The van der Waals surface area contributed by atoms with Crippen LogP contribution < -0.4 is 4.80 Å². The van der Waals surface area contributed by atoms with Crippen molar-refractivity contribution in [3.8, 4) is 0 Å². The fourth-order valence-electron chi connectivity index (χ4n) is 2.61. The van der Waals surface area contributed by atoms with Crippen LogP contribution in [-0.4, -0.2) is 29.1 Å². The van der Waals surface area contributed by atoms with Crippen molar-refractivity contribution in [3.63, 3.8) is 0 Å². The number of thiazole rings is 1. The number of carbonyl (C=O) groups excluding carboxylic acids is 1. The predicted molar refractivity (Wildman–Crippen MR) is 114 cm³/mol. The molecule has 0 N–H and O–H groups in total. The Balaban J connectivity index is 1.94. The zero-order valence-electron chi connectivity index (χ0n) is 15.2. The van der Waals surface area contributed by atoms with Crippen LogP contribution >= 0.6 is 34.5 Å². The number of fused-ring (bicyclic) bond motifs is 1. The lowest BCUT2D eigenvalue weighted by molar-refractivity contribution is -0.384. The van der Waals surface area contributed by atoms with Gasteiger partial charge in [-0.25, -0.2) is 0 Å². The number of carbonyl (C=O) groups is 1. The highest BCUT2D eigenvalue weighted by molar-refractivity contribution is 7.16. The molecule has 150 valence electrons. The molecule has 0 saturated carbocycles. The molecular formula is C19H15Cl2N3O4S. The fourth-order valence-corrected chi connectivity index (χ4v) is 4.45. The van der Waals surface area contributed by atoms with Crippen LogP contribution in [-0.2, 0) is 16.1 Å². The lowest BCUT2D eigenvalue weighted by Gasteiger charge is -2.05. The first kappa shape index (κ1) is 21.2. The van der Waals surface area contributed by atoms with E-state index in [2.05, 4.69) is 4.99 Å². The molecule has 0 unspecified atom stereocenters. The summed E-state index contributed by atoms with van der Waals surface area (Å²) in [5, 5.41) is 11.7. The number of ether oxygens (including phenoxy) is 1. The lowest BCUT2D eigenvalue weighted by atomic mass is 10.2. The Hall–Kier alpha value is -2.52. The van der Waals surface area contributed by atoms with Crippen molar-refractivity contribution in [1.29, 1.82) is 0 Å². The Morgan fingerprint density at radius 3 is 2.69 bits per heavy atom. The SMILES string of the molecule is COCCn1c(=NC(=O)/C=C\c2ccc([N+](=O)[O-])cc2)sc2cc(Cl)cc(Cl)c21. The van der Waals surface area contributed by atoms with E-state index in [1.807, 2.05) is 4.57 Å². The zero-order valence-corrected chi connectivity index (χ0v) is 17.5. The first-order valence-corrected chi connectivity index (χ1v) is 9.95. The van der Waals surface area contributed by atoms with Gasteiger partial charge in [-0.3, -0.25) is 14.9 Å². The summed E-state index contributed by atoms with van der Waals surface area (Å²) in [6, 6.07) is 9.27. The standard InChI is InChI=1S/C19H15Cl2N3O4S/c1-28-9-8-23-18-15(21)10-13(20)11-16(18)29-19(23)22-17(25)7-4-12-2-5-14(6-3-12)24(26)27/h2-7,10-11H,8-9H2,1H3/b7-4-,22-19?. The molecule has 1 aromatic heterocycles. The second-order valence-electron chi connectivity index (χ2n) is 5.90. The molecule has 0 aliphatic heterocycles. The molecule has 7 nitrogen and oxygen atoms in total. The molecule has 29 heavy (non-hydrogen) atoms. The van der Waals surface area contributed by atoms with Crippen LogP contribution in [0.3, 0.4) is 0 Å². The van der Waals surface area contributed by atoms with Gasteiger partial charge in [0.2, 0.25) is 0 Å². The minimum Gasteiger partial charge on any atom is -0.383 e. The van der Waals surface area contributed by atoms with Crippen molar-refractivity contribution < 1.29 is 14.5 Å². The summed E-state index contributed by atoms with van der Waals surface area (Å²) in [5.74, 6) is -0.469. The van der Waals surface area contributed by atoms with Gasteiger partial charge in [-0.1, -0.05) is 34.5 Å². The maximum atomic E-state index is 12.4. The number of benzene rings is 2. The number of hydrogen-bond acceptors (Lipinski definition) is 5. The fraction of sp³-hybridized carbons (Fsp3) is 0.158. The number of nitro groups is 1. The molecule has 0 saturated heterocycles. The number of nitro benzene ring substituents is 1. The molecule has 10 heteroatoms. The smallest absolute Gasteiger partial charge is 0.272 e. The van der Waals surface area contributed by atoms with Crippen LogP contribution in [0.1, 0.15) is 5.56 Å². The first-order chi connectivity index (χ1) is 13.9. The number of hydrogen-bond donors (Lipinski definition) is 0. The number of methoxy groups -OCH3 is 1. The van der Waals surface area contributed by atoms with Crippen molar-refractivity contribution in [2.45, 2.75) is 6.54 Å². The minimum absolute atomic E-state index is 0.0156. The van der Waals surface area contributed by atoms with Gasteiger partial charge < -0.3 is 9.30 Å². The van der Waals surface area contributed by atoms with Crippen LogP contribution in [0.2, 0.25) is 10.0 Å². The van der Waals surface area contributed by atoms with Crippen molar-refractivity contribution in [2.75, 3.05) is 13.7 Å². The molecule has 1 amide bonds. The second-order valence-corrected chi connectivity index (χ2v) is 7.75. The third kappa shape index (κ3) is 5.10. The molecule has 3 aromatic rings. The molecule has 0 aliphatic carbocycles. The monoisotopic (exact) mass is 451 g/mol. The van der Waals surface area contributed by atoms with E-state index in [4.69, 9.17) is 27.9 Å². The highest BCUT2D eigenvalue weighted by Crippen LogP contribution is 2.29. The molecule has 0 spiro atoms. The maximum absolute atomic E-state index is 12.4. The molecule has 2 aromatic carbocycles. The van der Waals surface area contributed by atoms with Crippen LogP contribution in [0, 0.1) is 10.1 Å². The number of rotatable bonds is 6. The van der Waals surface area contributed by atoms with Crippen molar-refractivity contribution in [1.82, 2.24) is 4.57 Å². The molecule has 0 aliphatic rings. The predicted octanol–water partition coefficient (Wildman–Crippen LogP) is 4.70. The highest BCUT2D eigenvalue weighted by atomic mass is 35.5. The van der Waals surface area contributed by atoms with E-state index in [9.17, 15) is 14.9 Å². The van der Waals surface area contributed by atoms with Gasteiger partial charge in [-0.15, -0.1) is 0 Å². The number of aromatic nitrogens is 1. The summed E-state index contributed by atoms with van der Waals surface area (Å²) in [6.07, 6.45) is 2.85. The quantitative estimate of drug-likeness (QED) is 0.308. The molecule has 0 atom stereocenters. The molecule has 0 bridgehead atoms. The molecular weight excluding hydrogens is 437 g/mol. The number of non-ortho nitro benzene ring substituents is 1. The van der Waals surface area contributed by atoms with Crippen LogP contribution in [0.4, 0.5) is 5.69 Å². The topological polar surface area (TPSA) is 86.7 Å². The van der Waals surface area contributed by atoms with E-state index in [-0.39, 0.29) is 5.69 Å². The van der Waals surface area contributed by atoms with Gasteiger partial charge in [-0.2, -0.15) is 4.99 Å². The Labute approximate surface area is 179 Å². The Morgan fingerprint density at radius 1 is 1.31 bits per heavy atom. The Kier molecular flexibility index (Phi) is 6.81. The summed E-state index contributed by atoms with van der Waals surface area (Å²) >= 11 is 13.7. The van der Waals surface area contributed by atoms with Gasteiger partial charge >= 0.3 is 0 Å². The summed E-state index contributed by atoms with van der Waals surface area (Å²) in [4.78, 5) is 27.2. The second kappa shape index (κ2) is 9.32. The van der Waals surface area contributed by atoms with Gasteiger partial charge in [0.15, 0.2) is 4.80 Å². The average Bonchev–Trinajstić information content (AvgIpc) is 3.01. The van der Waals surface area contributed by atoms with Gasteiger partial charge in [-0.05, 0) is 35.9 Å². The van der Waals surface area contributed by atoms with E-state index in [1.54, 1.807) is 37.5 Å². The number of nitrogens with zero attached hydrogens (tertiary/aromatic N) is 3. The Bertz CT molecular complexity index is 1170. The van der Waals surface area contributed by atoms with Gasteiger partial charge in [0.05, 0.1) is 26.8 Å². The molecule has 0 radical (unpaired) electrons. The highest BCUT2D eigenvalue weighted by Gasteiger charge is 2.12. The Morgan fingerprint density at radius 2 is 2.03 bits per heavy atom. The minimum atomic E-state index is -0.481. The third-order valence-corrected chi connectivity index (χ3v) is 5.47. The van der Waals surface area contributed by atoms with Gasteiger partial charge in [0.1, 0.15) is 0 Å². The van der Waals surface area contributed by atoms with Crippen LogP contribution in [0.5, 0.6) is 0 Å². The number of amides is 1. The third-order valence-electron chi connectivity index (χ3n) is 3.94. The van der Waals surface area contributed by atoms with Crippen molar-refractivity contribution in [3.05, 3.63) is 73.0 Å². The van der Waals surface area contributed by atoms with E-state index in [0.717, 1.165) is 10.2 Å². The van der Waals surface area contributed by atoms with E-state index >= 15 is 0 Å². The van der Waals surface area contributed by atoms with E-state index < -0.39 is 10.8 Å². The molecule has 3 rings (SSSR count). The first-order valence-electron chi connectivity index (χ1n) is 8.37. The average molecular weight is 452 g/mol. The van der Waals surface area contributed by atoms with Gasteiger partial charge in [0, 0.05) is 36.9 Å². The summed E-state index contributed by atoms with van der Waals surface area (Å²) < 4.78 is 7.77. The van der Waals surface area contributed by atoms with Crippen molar-refractivity contribution >= 4 is 62.4 Å². The van der Waals surface area contributed by atoms with E-state index in [0.29, 0.717) is 33.6 Å². The lowest BCUT2D eigenvalue weighted by Crippen LogP contribution is -2.19. The largest absolute Gasteiger partial charge is 0.383 e. The molecule has 0 fully saturated rings. The summed E-state index contributed by atoms with van der Waals surface area (Å²) in [5.41, 5.74) is 1.37. The summed E-state index contributed by atoms with van der Waals surface area (Å²) in [6.45, 7) is 0.890. The molecule has 1 heterocycles. The maximum Gasteiger partial charge on any atom is 0.272 e. The normalized spacial score (nSPS) is 12.2. The zero-order chi connectivity index (χ0) is 21.0. The van der Waals surface area contributed by atoms with Crippen LogP contribution in [0.25, 0.3) is 16.3 Å². The van der Waals surface area contributed by atoms with Crippen molar-refractivity contribution in [2.24, 2.45) is 4.99 Å².